The van der Waals surface area contributed by atoms with Gasteiger partial charge in [0.1, 0.15) is 20.9 Å². The number of thioether (sulfide) groups is 1. The van der Waals surface area contributed by atoms with Crippen LogP contribution in [-0.4, -0.2) is 26.6 Å². The average Bonchev–Trinajstić information content (AvgIpc) is 3.13. The first-order chi connectivity index (χ1) is 11.9. The van der Waals surface area contributed by atoms with Gasteiger partial charge < -0.3 is 4.42 Å². The molecule has 0 radical (unpaired) electrons. The topological polar surface area (TPSA) is 76.6 Å². The number of carbonyl (C=O) groups excluding carboxylic acids is 1. The molecule has 25 heavy (non-hydrogen) atoms. The Labute approximate surface area is 157 Å². The Morgan fingerprint density at radius 2 is 2.16 bits per heavy atom. The first-order valence-electron chi connectivity index (χ1n) is 7.20. The second-order valence-corrected chi connectivity index (χ2v) is 7.13. The highest BCUT2D eigenvalue weighted by Crippen LogP contribution is 2.34. The summed E-state index contributed by atoms with van der Waals surface area (Å²) in [5, 5.41) is 11.0. The van der Waals surface area contributed by atoms with E-state index in [1.807, 2.05) is 6.92 Å². The molecule has 2 aromatic rings. The minimum absolute atomic E-state index is 0.0590. The maximum atomic E-state index is 12.2. The van der Waals surface area contributed by atoms with Crippen molar-refractivity contribution in [1.29, 1.82) is 0 Å². The van der Waals surface area contributed by atoms with Crippen LogP contribution in [0, 0.1) is 10.1 Å². The molecule has 0 saturated carbocycles. The third-order valence-electron chi connectivity index (χ3n) is 3.52. The Kier molecular flexibility index (Phi) is 4.94. The first kappa shape index (κ1) is 17.7. The van der Waals surface area contributed by atoms with Gasteiger partial charge in [-0.25, -0.2) is 0 Å². The molecule has 1 aromatic carbocycles. The van der Waals surface area contributed by atoms with Gasteiger partial charge in [-0.3, -0.25) is 19.8 Å². The number of benzene rings is 1. The molecule has 1 aliphatic rings. The lowest BCUT2D eigenvalue weighted by Gasteiger charge is -2.09. The van der Waals surface area contributed by atoms with Gasteiger partial charge in [0.2, 0.25) is 0 Å². The van der Waals surface area contributed by atoms with Gasteiger partial charge in [0.15, 0.2) is 0 Å². The normalized spacial score (nSPS) is 16.1. The lowest BCUT2D eigenvalue weighted by molar-refractivity contribution is -0.384. The number of nitro benzene ring substituents is 1. The highest BCUT2D eigenvalue weighted by molar-refractivity contribution is 8.26. The number of halogens is 1. The van der Waals surface area contributed by atoms with Crippen molar-refractivity contribution in [3.63, 3.8) is 0 Å². The van der Waals surface area contributed by atoms with Crippen molar-refractivity contribution in [3.05, 3.63) is 56.1 Å². The predicted octanol–water partition coefficient (Wildman–Crippen LogP) is 4.73. The molecule has 9 heteroatoms. The number of amides is 1. The van der Waals surface area contributed by atoms with E-state index in [4.69, 9.17) is 28.2 Å². The molecular formula is C16H11ClN2O4S2. The number of likely N-dealkylation sites (N-methyl/N-ethyl adjacent to an activating group) is 1. The van der Waals surface area contributed by atoms with E-state index in [2.05, 4.69) is 0 Å². The van der Waals surface area contributed by atoms with Crippen molar-refractivity contribution < 1.29 is 14.1 Å². The van der Waals surface area contributed by atoms with E-state index in [9.17, 15) is 14.9 Å². The Morgan fingerprint density at radius 1 is 1.40 bits per heavy atom. The van der Waals surface area contributed by atoms with Crippen LogP contribution < -0.4 is 0 Å². The van der Waals surface area contributed by atoms with Crippen molar-refractivity contribution in [2.24, 2.45) is 0 Å². The molecule has 1 amide bonds. The van der Waals surface area contributed by atoms with Crippen LogP contribution in [0.4, 0.5) is 5.69 Å². The largest absolute Gasteiger partial charge is 0.457 e. The molecule has 0 bridgehead atoms. The first-order valence-corrected chi connectivity index (χ1v) is 8.80. The molecule has 0 spiro atoms. The number of nitrogens with zero attached hydrogens (tertiary/aromatic N) is 2. The van der Waals surface area contributed by atoms with E-state index in [1.54, 1.807) is 24.3 Å². The summed E-state index contributed by atoms with van der Waals surface area (Å²) >= 11 is 12.2. The zero-order valence-electron chi connectivity index (χ0n) is 12.9. The van der Waals surface area contributed by atoms with Gasteiger partial charge in [-0.15, -0.1) is 0 Å². The van der Waals surface area contributed by atoms with Crippen LogP contribution in [0.1, 0.15) is 12.7 Å². The summed E-state index contributed by atoms with van der Waals surface area (Å²) in [6.07, 6.45) is 1.61. The maximum absolute atomic E-state index is 12.2. The number of rotatable bonds is 4. The van der Waals surface area contributed by atoms with E-state index in [0.29, 0.717) is 32.9 Å². The lowest BCUT2D eigenvalue weighted by atomic mass is 10.1. The molecule has 3 rings (SSSR count). The summed E-state index contributed by atoms with van der Waals surface area (Å²) in [6, 6.07) is 7.80. The molecule has 1 saturated heterocycles. The molecular weight excluding hydrogens is 384 g/mol. The molecule has 0 unspecified atom stereocenters. The van der Waals surface area contributed by atoms with Crippen LogP contribution >= 0.6 is 35.6 Å². The number of furan rings is 1. The van der Waals surface area contributed by atoms with Crippen molar-refractivity contribution in [3.8, 4) is 11.3 Å². The van der Waals surface area contributed by atoms with Crippen LogP contribution in [0.15, 0.2) is 39.7 Å². The third-order valence-corrected chi connectivity index (χ3v) is 5.21. The summed E-state index contributed by atoms with van der Waals surface area (Å²) in [5.41, 5.74) is 0.331. The molecule has 0 N–H and O–H groups in total. The number of thiocarbonyl (C=S) groups is 1. The van der Waals surface area contributed by atoms with E-state index < -0.39 is 4.92 Å². The second kappa shape index (κ2) is 6.99. The standard InChI is InChI=1S/C16H11ClN2O4S2/c1-2-18-15(20)14(25-16(18)24)8-10-4-6-13(23-10)9-3-5-11(17)12(7-9)19(21)22/h3-8H,2H2,1H3/b14-8+. The lowest BCUT2D eigenvalue weighted by Crippen LogP contribution is -2.27. The summed E-state index contributed by atoms with van der Waals surface area (Å²) in [5.74, 6) is 0.749. The monoisotopic (exact) mass is 394 g/mol. The fourth-order valence-electron chi connectivity index (χ4n) is 2.29. The van der Waals surface area contributed by atoms with Crippen molar-refractivity contribution in [2.45, 2.75) is 6.92 Å². The van der Waals surface area contributed by atoms with Crippen LogP contribution in [0.5, 0.6) is 0 Å². The fourth-order valence-corrected chi connectivity index (χ4v) is 3.84. The maximum Gasteiger partial charge on any atom is 0.288 e. The van der Waals surface area contributed by atoms with E-state index in [1.165, 1.54) is 28.8 Å². The van der Waals surface area contributed by atoms with Crippen LogP contribution in [0.25, 0.3) is 17.4 Å². The van der Waals surface area contributed by atoms with Crippen molar-refractivity contribution in [1.82, 2.24) is 4.90 Å². The van der Waals surface area contributed by atoms with Crippen LogP contribution in [0.3, 0.4) is 0 Å². The van der Waals surface area contributed by atoms with Crippen molar-refractivity contribution >= 4 is 57.6 Å². The highest BCUT2D eigenvalue weighted by Gasteiger charge is 2.30. The molecule has 0 atom stereocenters. The SMILES string of the molecule is CCN1C(=O)/C(=C\c2ccc(-c3ccc(Cl)c([N+](=O)[O-])c3)o2)SC1=S. The average molecular weight is 395 g/mol. The van der Waals surface area contributed by atoms with Gasteiger partial charge in [-0.1, -0.05) is 35.6 Å². The molecule has 1 fully saturated rings. The van der Waals surface area contributed by atoms with Gasteiger partial charge in [0, 0.05) is 24.3 Å². The summed E-state index contributed by atoms with van der Waals surface area (Å²) in [7, 11) is 0. The van der Waals surface area contributed by atoms with E-state index >= 15 is 0 Å². The second-order valence-electron chi connectivity index (χ2n) is 5.05. The van der Waals surface area contributed by atoms with Gasteiger partial charge in [0.25, 0.3) is 11.6 Å². The van der Waals surface area contributed by atoms with Gasteiger partial charge >= 0.3 is 0 Å². The highest BCUT2D eigenvalue weighted by atomic mass is 35.5. The van der Waals surface area contributed by atoms with Crippen molar-refractivity contribution in [2.75, 3.05) is 6.54 Å². The smallest absolute Gasteiger partial charge is 0.288 e. The van der Waals surface area contributed by atoms with Crippen LogP contribution in [0.2, 0.25) is 5.02 Å². The van der Waals surface area contributed by atoms with E-state index in [0.717, 1.165) is 0 Å². The van der Waals surface area contributed by atoms with Gasteiger partial charge in [-0.05, 0) is 31.2 Å². The molecule has 2 heterocycles. The predicted molar refractivity (Wildman–Crippen MR) is 101 cm³/mol. The Morgan fingerprint density at radius 3 is 2.80 bits per heavy atom. The Balaban J connectivity index is 1.90. The summed E-state index contributed by atoms with van der Waals surface area (Å²) in [6.45, 7) is 2.37. The number of hydrogen-bond acceptors (Lipinski definition) is 6. The Bertz CT molecular complexity index is 923. The quantitative estimate of drug-likeness (QED) is 0.323. The third kappa shape index (κ3) is 3.46. The van der Waals surface area contributed by atoms with Gasteiger partial charge in [-0.2, -0.15) is 0 Å². The Hall–Kier alpha value is -2.16. The number of nitro groups is 1. The van der Waals surface area contributed by atoms with Crippen LogP contribution in [-0.2, 0) is 4.79 Å². The fraction of sp³-hybridized carbons (Fsp3) is 0.125. The molecule has 1 aromatic heterocycles. The number of hydrogen-bond donors (Lipinski definition) is 0. The summed E-state index contributed by atoms with van der Waals surface area (Å²) < 4.78 is 6.20. The molecule has 1 aliphatic heterocycles. The number of carbonyl (C=O) groups is 1. The zero-order chi connectivity index (χ0) is 18.1. The molecule has 128 valence electrons. The van der Waals surface area contributed by atoms with E-state index in [-0.39, 0.29) is 16.6 Å². The minimum Gasteiger partial charge on any atom is -0.457 e. The summed E-state index contributed by atoms with van der Waals surface area (Å²) in [4.78, 5) is 24.6. The molecule has 6 nitrogen and oxygen atoms in total. The van der Waals surface area contributed by atoms with Gasteiger partial charge in [0.05, 0.1) is 9.83 Å². The molecule has 0 aliphatic carbocycles. The minimum atomic E-state index is -0.550. The zero-order valence-corrected chi connectivity index (χ0v) is 15.3.